The molecule has 5 nitrogen and oxygen atoms in total. The maximum atomic E-state index is 13.7. The van der Waals surface area contributed by atoms with Gasteiger partial charge in [0.05, 0.1) is 7.11 Å². The minimum Gasteiger partial charge on any atom is -0.507 e. The lowest BCUT2D eigenvalue weighted by atomic mass is 9.92. The highest BCUT2D eigenvalue weighted by atomic mass is 19.1. The molecule has 0 saturated carbocycles. The summed E-state index contributed by atoms with van der Waals surface area (Å²) in [4.78, 5) is 24.7. The van der Waals surface area contributed by atoms with Gasteiger partial charge in [0, 0.05) is 5.56 Å². The van der Waals surface area contributed by atoms with E-state index in [1.54, 1.807) is 6.07 Å². The monoisotopic (exact) mass is 388 g/mol. The third kappa shape index (κ3) is 4.68. The van der Waals surface area contributed by atoms with E-state index in [1.165, 1.54) is 19.2 Å². The van der Waals surface area contributed by atoms with Gasteiger partial charge < -0.3 is 14.6 Å². The van der Waals surface area contributed by atoms with Crippen LogP contribution in [-0.4, -0.2) is 30.6 Å². The van der Waals surface area contributed by atoms with Crippen molar-refractivity contribution in [3.05, 3.63) is 58.4 Å². The van der Waals surface area contributed by atoms with Crippen molar-refractivity contribution in [1.82, 2.24) is 0 Å². The zero-order valence-corrected chi connectivity index (χ0v) is 16.7. The highest BCUT2D eigenvalue weighted by Gasteiger charge is 2.21. The molecule has 0 unspecified atom stereocenters. The molecule has 0 aliphatic rings. The lowest BCUT2D eigenvalue weighted by Gasteiger charge is -2.16. The van der Waals surface area contributed by atoms with Crippen molar-refractivity contribution in [2.24, 2.45) is 0 Å². The van der Waals surface area contributed by atoms with Crippen LogP contribution in [0, 0.1) is 5.82 Å². The van der Waals surface area contributed by atoms with Crippen LogP contribution >= 0.6 is 0 Å². The predicted molar refractivity (Wildman–Crippen MR) is 104 cm³/mol. The summed E-state index contributed by atoms with van der Waals surface area (Å²) in [6, 6.07) is 7.20. The highest BCUT2D eigenvalue weighted by Crippen LogP contribution is 2.33. The summed E-state index contributed by atoms with van der Waals surface area (Å²) in [7, 11) is 1.32. The Bertz CT molecular complexity index is 887. The van der Waals surface area contributed by atoms with Crippen molar-refractivity contribution in [2.45, 2.75) is 39.5 Å². The van der Waals surface area contributed by atoms with Gasteiger partial charge in [-0.15, -0.1) is 0 Å². The Morgan fingerprint density at radius 3 is 2.29 bits per heavy atom. The van der Waals surface area contributed by atoms with E-state index in [4.69, 9.17) is 9.47 Å². The number of carbonyl (C=O) groups excluding carboxylic acids is 2. The van der Waals surface area contributed by atoms with Crippen LogP contribution in [0.3, 0.4) is 0 Å². The van der Waals surface area contributed by atoms with E-state index in [0.29, 0.717) is 5.56 Å². The number of phenols is 1. The van der Waals surface area contributed by atoms with Gasteiger partial charge in [0.2, 0.25) is 0 Å². The minimum atomic E-state index is -0.802. The van der Waals surface area contributed by atoms with Gasteiger partial charge in [-0.25, -0.2) is 9.18 Å². The summed E-state index contributed by atoms with van der Waals surface area (Å²) in [5.74, 6) is -2.01. The molecule has 0 bridgehead atoms. The van der Waals surface area contributed by atoms with E-state index < -0.39 is 24.2 Å². The molecule has 6 heteroatoms. The normalized spacial score (nSPS) is 11.0. The molecule has 28 heavy (non-hydrogen) atoms. The fraction of sp³-hybridized carbons (Fsp3) is 0.364. The molecule has 2 aromatic rings. The van der Waals surface area contributed by atoms with E-state index in [2.05, 4.69) is 0 Å². The second-order valence-corrected chi connectivity index (χ2v) is 7.16. The van der Waals surface area contributed by atoms with Gasteiger partial charge in [0.1, 0.15) is 11.3 Å². The Hall–Kier alpha value is -2.89. The molecule has 0 spiro atoms. The number of aromatic hydroxyl groups is 1. The van der Waals surface area contributed by atoms with Crippen LogP contribution < -0.4 is 4.74 Å². The highest BCUT2D eigenvalue weighted by molar-refractivity contribution is 6.00. The van der Waals surface area contributed by atoms with Crippen molar-refractivity contribution < 1.29 is 28.6 Å². The maximum Gasteiger partial charge on any atom is 0.342 e. The van der Waals surface area contributed by atoms with Crippen LogP contribution in [0.2, 0.25) is 0 Å². The van der Waals surface area contributed by atoms with Crippen molar-refractivity contribution in [2.75, 3.05) is 13.7 Å². The average molecular weight is 388 g/mol. The first-order chi connectivity index (χ1) is 13.1. The summed E-state index contributed by atoms with van der Waals surface area (Å²) in [5.41, 5.74) is 1.61. The number of benzene rings is 2. The molecule has 2 rings (SSSR count). The first kappa shape index (κ1) is 21.4. The molecule has 0 heterocycles. The molecule has 0 amide bonds. The van der Waals surface area contributed by atoms with Gasteiger partial charge in [-0.05, 0) is 47.2 Å². The van der Waals surface area contributed by atoms with Gasteiger partial charge in [0.15, 0.2) is 24.0 Å². The number of ketones is 1. The summed E-state index contributed by atoms with van der Waals surface area (Å²) >= 11 is 0. The van der Waals surface area contributed by atoms with Gasteiger partial charge in [-0.2, -0.15) is 0 Å². The average Bonchev–Trinajstić information content (AvgIpc) is 2.65. The lowest BCUT2D eigenvalue weighted by molar-refractivity contribution is 0.0471. The van der Waals surface area contributed by atoms with Gasteiger partial charge >= 0.3 is 5.97 Å². The van der Waals surface area contributed by atoms with Crippen LogP contribution in [0.15, 0.2) is 30.3 Å². The fourth-order valence-electron chi connectivity index (χ4n) is 2.74. The zero-order chi connectivity index (χ0) is 21.0. The van der Waals surface area contributed by atoms with E-state index >= 15 is 0 Å². The van der Waals surface area contributed by atoms with E-state index in [0.717, 1.165) is 11.6 Å². The number of halogens is 1. The molecule has 0 fully saturated rings. The summed E-state index contributed by atoms with van der Waals surface area (Å²) < 4.78 is 23.6. The van der Waals surface area contributed by atoms with Crippen LogP contribution in [0.5, 0.6) is 11.5 Å². The third-order valence-electron chi connectivity index (χ3n) is 4.48. The summed E-state index contributed by atoms with van der Waals surface area (Å²) in [5, 5.41) is 10.5. The molecule has 0 aromatic heterocycles. The lowest BCUT2D eigenvalue weighted by Crippen LogP contribution is -2.15. The third-order valence-corrected chi connectivity index (χ3v) is 4.48. The van der Waals surface area contributed by atoms with Crippen LogP contribution in [0.4, 0.5) is 4.39 Å². The Morgan fingerprint density at radius 1 is 1.07 bits per heavy atom. The number of phenolic OH excluding ortho intramolecular Hbond substituents is 1. The zero-order valence-electron chi connectivity index (χ0n) is 16.7. The first-order valence-electron chi connectivity index (χ1n) is 9.06. The predicted octanol–water partition coefficient (Wildman–Crippen LogP) is 4.83. The van der Waals surface area contributed by atoms with Crippen LogP contribution in [0.1, 0.15) is 71.4 Å². The molecule has 0 atom stereocenters. The van der Waals surface area contributed by atoms with E-state index in [-0.39, 0.29) is 34.5 Å². The topological polar surface area (TPSA) is 72.8 Å². The molecule has 1 N–H and O–H groups in total. The Morgan fingerprint density at radius 2 is 1.75 bits per heavy atom. The van der Waals surface area contributed by atoms with Gasteiger partial charge in [0.25, 0.3) is 0 Å². The number of esters is 1. The largest absolute Gasteiger partial charge is 0.507 e. The van der Waals surface area contributed by atoms with Gasteiger partial charge in [-0.1, -0.05) is 33.8 Å². The molecule has 0 aliphatic heterocycles. The Balaban J connectivity index is 2.20. The molecule has 2 aromatic carbocycles. The maximum absolute atomic E-state index is 13.7. The molecular formula is C22H25FO5. The number of hydrogen-bond donors (Lipinski definition) is 1. The second-order valence-electron chi connectivity index (χ2n) is 7.16. The first-order valence-corrected chi connectivity index (χ1v) is 9.06. The summed E-state index contributed by atoms with van der Waals surface area (Å²) in [6.45, 7) is 7.22. The van der Waals surface area contributed by atoms with Crippen molar-refractivity contribution in [3.63, 3.8) is 0 Å². The smallest absolute Gasteiger partial charge is 0.342 e. The standard InChI is InChI=1S/C22H25FO5/c1-12(2)15-8-16(13(3)4)21(25)17(9-15)22(26)28-11-19(24)14-6-7-20(27-5)18(23)10-14/h6-10,12-13,25H,11H2,1-5H3. The van der Waals surface area contributed by atoms with Crippen LogP contribution in [-0.2, 0) is 4.74 Å². The Labute approximate surface area is 164 Å². The molecule has 0 radical (unpaired) electrons. The SMILES string of the molecule is COc1ccc(C(=O)COC(=O)c2cc(C(C)C)cc(C(C)C)c2O)cc1F. The van der Waals surface area contributed by atoms with Crippen molar-refractivity contribution in [1.29, 1.82) is 0 Å². The quantitative estimate of drug-likeness (QED) is 0.543. The fourth-order valence-corrected chi connectivity index (χ4v) is 2.74. The van der Waals surface area contributed by atoms with Crippen molar-refractivity contribution >= 4 is 11.8 Å². The van der Waals surface area contributed by atoms with Crippen LogP contribution in [0.25, 0.3) is 0 Å². The number of carbonyl (C=O) groups is 2. The summed E-state index contributed by atoms with van der Waals surface area (Å²) in [6.07, 6.45) is 0. The molecule has 0 aliphatic carbocycles. The molecule has 150 valence electrons. The molecular weight excluding hydrogens is 363 g/mol. The number of hydrogen-bond acceptors (Lipinski definition) is 5. The minimum absolute atomic E-state index is 0.00848. The van der Waals surface area contributed by atoms with E-state index in [9.17, 15) is 19.1 Å². The van der Waals surface area contributed by atoms with Gasteiger partial charge in [-0.3, -0.25) is 4.79 Å². The second kappa shape index (κ2) is 8.87. The number of Topliss-reactive ketones (excluding diaryl/α,β-unsaturated/α-hetero) is 1. The number of ether oxygens (including phenoxy) is 2. The van der Waals surface area contributed by atoms with Crippen molar-refractivity contribution in [3.8, 4) is 11.5 Å². The number of methoxy groups -OCH3 is 1. The number of rotatable bonds is 7. The Kier molecular flexibility index (Phi) is 6.78. The molecule has 0 saturated heterocycles. The van der Waals surface area contributed by atoms with E-state index in [1.807, 2.05) is 33.8 Å².